The molecule has 1 unspecified atom stereocenters. The zero-order valence-corrected chi connectivity index (χ0v) is 6.54. The summed E-state index contributed by atoms with van der Waals surface area (Å²) in [7, 11) is 0. The van der Waals surface area contributed by atoms with Crippen LogP contribution in [-0.4, -0.2) is 24.7 Å². The minimum absolute atomic E-state index is 0.598. The van der Waals surface area contributed by atoms with Crippen LogP contribution in [0.1, 0.15) is 6.42 Å². The third-order valence-electron chi connectivity index (χ3n) is 1.34. The van der Waals surface area contributed by atoms with Crippen LogP contribution in [0, 0.1) is 0 Å². The zero-order chi connectivity index (χ0) is 10.7. The summed E-state index contributed by atoms with van der Waals surface area (Å²) in [5.74, 6) is -8.93. The predicted molar refractivity (Wildman–Crippen MR) is 35.6 cm³/mol. The van der Waals surface area contributed by atoms with Crippen molar-refractivity contribution in [2.24, 2.45) is 0 Å². The first-order chi connectivity index (χ1) is 5.78. The van der Waals surface area contributed by atoms with Crippen molar-refractivity contribution in [1.29, 1.82) is 0 Å². The Hall–Kier alpha value is -0.680. The maximum absolute atomic E-state index is 12.4. The largest absolute Gasteiger partial charge is 0.312 e. The van der Waals surface area contributed by atoms with Gasteiger partial charge in [-0.15, -0.1) is 6.58 Å². The van der Waals surface area contributed by atoms with Crippen molar-refractivity contribution >= 4 is 0 Å². The van der Waals surface area contributed by atoms with E-state index < -0.39 is 31.1 Å². The van der Waals surface area contributed by atoms with Gasteiger partial charge in [-0.2, -0.15) is 0 Å². The molecule has 0 aromatic carbocycles. The van der Waals surface area contributed by atoms with Crippen molar-refractivity contribution < 1.29 is 26.3 Å². The van der Waals surface area contributed by atoms with E-state index in [0.29, 0.717) is 6.08 Å². The minimum Gasteiger partial charge on any atom is -0.244 e. The summed E-state index contributed by atoms with van der Waals surface area (Å²) in [6.07, 6.45) is -4.46. The highest BCUT2D eigenvalue weighted by Crippen LogP contribution is 2.36. The Balaban J connectivity index is 4.56. The van der Waals surface area contributed by atoms with Gasteiger partial charge in [0.1, 0.15) is 0 Å². The van der Waals surface area contributed by atoms with Crippen LogP contribution in [0.5, 0.6) is 0 Å². The van der Waals surface area contributed by atoms with Gasteiger partial charge in [-0.05, 0) is 0 Å². The van der Waals surface area contributed by atoms with E-state index in [0.717, 1.165) is 0 Å². The Morgan fingerprint density at radius 1 is 1.15 bits per heavy atom. The SMILES string of the molecule is C=CCC(F)(F)C(F)C(F)(F)CF. The Morgan fingerprint density at radius 3 is 1.92 bits per heavy atom. The highest BCUT2D eigenvalue weighted by atomic mass is 19.3. The van der Waals surface area contributed by atoms with Crippen molar-refractivity contribution in [3.63, 3.8) is 0 Å². The van der Waals surface area contributed by atoms with Crippen LogP contribution in [-0.2, 0) is 0 Å². The average Bonchev–Trinajstić information content (AvgIpc) is 2.03. The average molecular weight is 206 g/mol. The normalized spacial score (nSPS) is 15.5. The fourth-order valence-corrected chi connectivity index (χ4v) is 0.673. The van der Waals surface area contributed by atoms with Gasteiger partial charge in [0.15, 0.2) is 6.67 Å². The molecule has 13 heavy (non-hydrogen) atoms. The van der Waals surface area contributed by atoms with Gasteiger partial charge in [-0.3, -0.25) is 0 Å². The molecule has 0 fully saturated rings. The van der Waals surface area contributed by atoms with E-state index in [9.17, 15) is 26.3 Å². The quantitative estimate of drug-likeness (QED) is 0.478. The van der Waals surface area contributed by atoms with Gasteiger partial charge in [-0.1, -0.05) is 6.08 Å². The molecule has 0 heterocycles. The number of allylic oxidation sites excluding steroid dienone is 1. The van der Waals surface area contributed by atoms with E-state index in [1.165, 1.54) is 0 Å². The van der Waals surface area contributed by atoms with E-state index in [1.54, 1.807) is 0 Å². The second-order valence-electron chi connectivity index (χ2n) is 2.51. The molecule has 0 aliphatic heterocycles. The first-order valence-corrected chi connectivity index (χ1v) is 3.34. The maximum atomic E-state index is 12.4. The van der Waals surface area contributed by atoms with Gasteiger partial charge in [0.25, 0.3) is 5.92 Å². The van der Waals surface area contributed by atoms with E-state index in [2.05, 4.69) is 6.58 Å². The van der Waals surface area contributed by atoms with Gasteiger partial charge in [0.05, 0.1) is 0 Å². The van der Waals surface area contributed by atoms with E-state index in [-0.39, 0.29) is 0 Å². The molecule has 0 aliphatic rings. The number of hydrogen-bond donors (Lipinski definition) is 0. The fraction of sp³-hybridized carbons (Fsp3) is 0.714. The summed E-state index contributed by atoms with van der Waals surface area (Å²) in [6, 6.07) is 0. The van der Waals surface area contributed by atoms with Gasteiger partial charge < -0.3 is 0 Å². The van der Waals surface area contributed by atoms with Crippen molar-refractivity contribution in [3.8, 4) is 0 Å². The molecule has 6 heteroatoms. The molecule has 0 nitrogen and oxygen atoms in total. The van der Waals surface area contributed by atoms with Crippen LogP contribution in [0.15, 0.2) is 12.7 Å². The minimum atomic E-state index is -4.65. The molecule has 0 saturated heterocycles. The van der Waals surface area contributed by atoms with Crippen LogP contribution in [0.4, 0.5) is 26.3 Å². The molecule has 0 spiro atoms. The lowest BCUT2D eigenvalue weighted by atomic mass is 10.1. The first-order valence-electron chi connectivity index (χ1n) is 3.34. The second-order valence-corrected chi connectivity index (χ2v) is 2.51. The monoisotopic (exact) mass is 206 g/mol. The molecular weight excluding hydrogens is 198 g/mol. The maximum Gasteiger partial charge on any atom is 0.312 e. The molecule has 0 amide bonds. The molecule has 78 valence electrons. The Labute approximate surface area is 71.2 Å². The summed E-state index contributed by atoms with van der Waals surface area (Å²) < 4.78 is 72.8. The molecule has 0 bridgehead atoms. The molecular formula is C7H8F6. The molecule has 0 N–H and O–H groups in total. The summed E-state index contributed by atoms with van der Waals surface area (Å²) in [6.45, 7) is 0.407. The summed E-state index contributed by atoms with van der Waals surface area (Å²) >= 11 is 0. The summed E-state index contributed by atoms with van der Waals surface area (Å²) in [5.41, 5.74) is 0. The lowest BCUT2D eigenvalue weighted by molar-refractivity contribution is -0.185. The van der Waals surface area contributed by atoms with E-state index in [1.807, 2.05) is 0 Å². The zero-order valence-electron chi connectivity index (χ0n) is 6.54. The van der Waals surface area contributed by atoms with Gasteiger partial charge in [0, 0.05) is 6.42 Å². The smallest absolute Gasteiger partial charge is 0.244 e. The number of alkyl halides is 6. The van der Waals surface area contributed by atoms with Crippen LogP contribution < -0.4 is 0 Å². The molecule has 0 aromatic heterocycles. The first kappa shape index (κ1) is 12.3. The topological polar surface area (TPSA) is 0 Å². The molecule has 0 aromatic rings. The van der Waals surface area contributed by atoms with Crippen LogP contribution in [0.2, 0.25) is 0 Å². The standard InChI is InChI=1S/C7H8F6/c1-2-3-6(10,11)5(9)7(12,13)4-8/h2,5H,1,3-4H2. The number of halogens is 6. The van der Waals surface area contributed by atoms with Crippen molar-refractivity contribution in [3.05, 3.63) is 12.7 Å². The molecule has 0 rings (SSSR count). The fourth-order valence-electron chi connectivity index (χ4n) is 0.673. The Morgan fingerprint density at radius 2 is 1.62 bits per heavy atom. The summed E-state index contributed by atoms with van der Waals surface area (Å²) in [5, 5.41) is 0. The lowest BCUT2D eigenvalue weighted by Gasteiger charge is -2.24. The highest BCUT2D eigenvalue weighted by Gasteiger charge is 2.55. The second kappa shape index (κ2) is 4.02. The molecule has 1 atom stereocenters. The molecule has 0 saturated carbocycles. The third-order valence-corrected chi connectivity index (χ3v) is 1.34. The van der Waals surface area contributed by atoms with E-state index in [4.69, 9.17) is 0 Å². The van der Waals surface area contributed by atoms with Gasteiger partial charge >= 0.3 is 5.92 Å². The predicted octanol–water partition coefficient (Wildman–Crippen LogP) is 3.14. The van der Waals surface area contributed by atoms with Gasteiger partial charge in [-0.25, -0.2) is 26.3 Å². The van der Waals surface area contributed by atoms with Crippen molar-refractivity contribution in [2.75, 3.05) is 6.67 Å². The van der Waals surface area contributed by atoms with Crippen LogP contribution >= 0.6 is 0 Å². The highest BCUT2D eigenvalue weighted by molar-refractivity contribution is 4.92. The Bertz CT molecular complexity index is 176. The molecule has 0 aliphatic carbocycles. The van der Waals surface area contributed by atoms with Gasteiger partial charge in [0.2, 0.25) is 6.17 Å². The van der Waals surface area contributed by atoms with Crippen LogP contribution in [0.3, 0.4) is 0 Å². The third kappa shape index (κ3) is 2.93. The number of rotatable bonds is 5. The van der Waals surface area contributed by atoms with Crippen molar-refractivity contribution in [2.45, 2.75) is 24.4 Å². The Kier molecular flexibility index (Phi) is 3.81. The van der Waals surface area contributed by atoms with E-state index >= 15 is 0 Å². The lowest BCUT2D eigenvalue weighted by Crippen LogP contribution is -2.45. The number of hydrogen-bond acceptors (Lipinski definition) is 0. The van der Waals surface area contributed by atoms with Crippen LogP contribution in [0.25, 0.3) is 0 Å². The summed E-state index contributed by atoms with van der Waals surface area (Å²) in [4.78, 5) is 0. The molecule has 0 radical (unpaired) electrons. The van der Waals surface area contributed by atoms with Crippen molar-refractivity contribution in [1.82, 2.24) is 0 Å².